The molecule has 1 saturated carbocycles. The monoisotopic (exact) mass is 292 g/mol. The van der Waals surface area contributed by atoms with Crippen LogP contribution in [0.2, 0.25) is 0 Å². The molecule has 0 radical (unpaired) electrons. The first-order valence-electron chi connectivity index (χ1n) is 7.86. The molecular formula is C17H28N2O2. The van der Waals surface area contributed by atoms with Crippen LogP contribution in [0.4, 0.5) is 0 Å². The lowest BCUT2D eigenvalue weighted by atomic mass is 9.95. The average molecular weight is 292 g/mol. The van der Waals surface area contributed by atoms with E-state index in [1.165, 1.54) is 18.4 Å². The zero-order valence-electron chi connectivity index (χ0n) is 13.4. The molecule has 1 aliphatic carbocycles. The quantitative estimate of drug-likeness (QED) is 0.760. The molecule has 0 aliphatic heterocycles. The number of hydrogen-bond donors (Lipinski definition) is 1. The highest BCUT2D eigenvalue weighted by atomic mass is 16.5. The summed E-state index contributed by atoms with van der Waals surface area (Å²) in [5, 5.41) is 0. The van der Waals surface area contributed by atoms with E-state index < -0.39 is 0 Å². The van der Waals surface area contributed by atoms with Crippen molar-refractivity contribution >= 4 is 0 Å². The van der Waals surface area contributed by atoms with Crippen LogP contribution in [0.15, 0.2) is 24.3 Å². The summed E-state index contributed by atoms with van der Waals surface area (Å²) < 4.78 is 10.9. The minimum absolute atomic E-state index is 0.0961. The molecule has 2 rings (SSSR count). The van der Waals surface area contributed by atoms with Gasteiger partial charge >= 0.3 is 0 Å². The Balaban J connectivity index is 2.31. The molecule has 1 aromatic rings. The second-order valence-electron chi connectivity index (χ2n) is 5.72. The molecule has 0 saturated heterocycles. The second kappa shape index (κ2) is 7.78. The Kier molecular flexibility index (Phi) is 6.03. The van der Waals surface area contributed by atoms with Crippen molar-refractivity contribution in [2.75, 3.05) is 27.4 Å². The Hall–Kier alpha value is -1.10. The topological polar surface area (TPSA) is 47.7 Å². The molecule has 1 aliphatic rings. The third-order valence-electron chi connectivity index (χ3n) is 4.26. The molecule has 0 amide bonds. The number of para-hydroxylation sites is 1. The number of nitrogens with two attached hydrogens (primary N) is 1. The summed E-state index contributed by atoms with van der Waals surface area (Å²) in [6, 6.07) is 9.15. The predicted molar refractivity (Wildman–Crippen MR) is 85.6 cm³/mol. The normalized spacial score (nSPS) is 17.8. The third-order valence-corrected chi connectivity index (χ3v) is 4.26. The maximum atomic E-state index is 6.47. The third kappa shape index (κ3) is 3.96. The summed E-state index contributed by atoms with van der Waals surface area (Å²) in [6.07, 6.45) is 3.45. The SMILES string of the molecule is CCC(N)C(c1ccccc1OC)N(CCOC)C1CC1. The van der Waals surface area contributed by atoms with Gasteiger partial charge in [0.2, 0.25) is 0 Å². The zero-order chi connectivity index (χ0) is 15.2. The fraction of sp³-hybridized carbons (Fsp3) is 0.647. The van der Waals surface area contributed by atoms with Crippen molar-refractivity contribution in [1.82, 2.24) is 4.90 Å². The molecule has 0 heterocycles. The van der Waals surface area contributed by atoms with Gasteiger partial charge in [-0.3, -0.25) is 4.90 Å². The van der Waals surface area contributed by atoms with Crippen molar-refractivity contribution in [2.24, 2.45) is 5.73 Å². The van der Waals surface area contributed by atoms with Gasteiger partial charge < -0.3 is 15.2 Å². The van der Waals surface area contributed by atoms with Crippen molar-refractivity contribution in [3.8, 4) is 5.75 Å². The van der Waals surface area contributed by atoms with Crippen LogP contribution in [-0.2, 0) is 4.74 Å². The number of methoxy groups -OCH3 is 2. The average Bonchev–Trinajstić information content (AvgIpc) is 3.35. The number of nitrogens with zero attached hydrogens (tertiary/aromatic N) is 1. The summed E-state index contributed by atoms with van der Waals surface area (Å²) in [7, 11) is 3.48. The van der Waals surface area contributed by atoms with Gasteiger partial charge in [0.05, 0.1) is 19.8 Å². The summed E-state index contributed by atoms with van der Waals surface area (Å²) in [5.74, 6) is 0.925. The fourth-order valence-electron chi connectivity index (χ4n) is 2.94. The molecule has 0 aromatic heterocycles. The first-order valence-corrected chi connectivity index (χ1v) is 7.86. The maximum absolute atomic E-state index is 6.47. The maximum Gasteiger partial charge on any atom is 0.123 e. The van der Waals surface area contributed by atoms with Crippen molar-refractivity contribution < 1.29 is 9.47 Å². The van der Waals surface area contributed by atoms with E-state index in [1.54, 1.807) is 14.2 Å². The highest BCUT2D eigenvalue weighted by Gasteiger charge is 2.37. The Labute approximate surface area is 128 Å². The molecule has 21 heavy (non-hydrogen) atoms. The highest BCUT2D eigenvalue weighted by molar-refractivity contribution is 5.37. The lowest BCUT2D eigenvalue weighted by Crippen LogP contribution is -2.43. The van der Waals surface area contributed by atoms with Gasteiger partial charge in [0.25, 0.3) is 0 Å². The Morgan fingerprint density at radius 3 is 2.57 bits per heavy atom. The minimum atomic E-state index is 0.0961. The van der Waals surface area contributed by atoms with Gasteiger partial charge in [0.1, 0.15) is 5.75 Å². The first kappa shape index (κ1) is 16.3. The summed E-state index contributed by atoms with van der Waals surface area (Å²) in [4.78, 5) is 2.51. The molecule has 1 fully saturated rings. The van der Waals surface area contributed by atoms with Crippen LogP contribution in [0, 0.1) is 0 Å². The van der Waals surface area contributed by atoms with Crippen LogP contribution >= 0.6 is 0 Å². The minimum Gasteiger partial charge on any atom is -0.496 e. The smallest absolute Gasteiger partial charge is 0.123 e. The molecule has 4 heteroatoms. The van der Waals surface area contributed by atoms with Crippen LogP contribution in [0.5, 0.6) is 5.75 Å². The van der Waals surface area contributed by atoms with E-state index in [0.29, 0.717) is 6.04 Å². The Morgan fingerprint density at radius 2 is 2.00 bits per heavy atom. The van der Waals surface area contributed by atoms with Crippen molar-refractivity contribution in [3.63, 3.8) is 0 Å². The summed E-state index contributed by atoms with van der Waals surface area (Å²) >= 11 is 0. The van der Waals surface area contributed by atoms with Gasteiger partial charge in [-0.1, -0.05) is 25.1 Å². The number of hydrogen-bond acceptors (Lipinski definition) is 4. The molecule has 0 spiro atoms. The molecular weight excluding hydrogens is 264 g/mol. The summed E-state index contributed by atoms with van der Waals surface area (Å²) in [5.41, 5.74) is 7.66. The van der Waals surface area contributed by atoms with E-state index in [-0.39, 0.29) is 12.1 Å². The second-order valence-corrected chi connectivity index (χ2v) is 5.72. The standard InChI is InChI=1S/C17H28N2O2/c1-4-15(18)17(14-7-5-6-8-16(14)21-3)19(11-12-20-2)13-9-10-13/h5-8,13,15,17H,4,9-12,18H2,1-3H3. The van der Waals surface area contributed by atoms with E-state index in [0.717, 1.165) is 25.3 Å². The lowest BCUT2D eigenvalue weighted by molar-refractivity contribution is 0.0998. The van der Waals surface area contributed by atoms with Gasteiger partial charge in [-0.15, -0.1) is 0 Å². The van der Waals surface area contributed by atoms with Crippen molar-refractivity contribution in [1.29, 1.82) is 0 Å². The number of benzene rings is 1. The zero-order valence-corrected chi connectivity index (χ0v) is 13.4. The fourth-order valence-corrected chi connectivity index (χ4v) is 2.94. The lowest BCUT2D eigenvalue weighted by Gasteiger charge is -2.36. The molecule has 1 aromatic carbocycles. The van der Waals surface area contributed by atoms with Gasteiger partial charge in [-0.25, -0.2) is 0 Å². The van der Waals surface area contributed by atoms with E-state index in [1.807, 2.05) is 12.1 Å². The van der Waals surface area contributed by atoms with Gasteiger partial charge in [0, 0.05) is 31.3 Å². The molecule has 4 nitrogen and oxygen atoms in total. The molecule has 2 atom stereocenters. The number of rotatable bonds is 9. The van der Waals surface area contributed by atoms with Crippen LogP contribution in [0.3, 0.4) is 0 Å². The van der Waals surface area contributed by atoms with Crippen LogP contribution in [0.25, 0.3) is 0 Å². The van der Waals surface area contributed by atoms with Gasteiger partial charge in [-0.05, 0) is 25.3 Å². The van der Waals surface area contributed by atoms with Gasteiger partial charge in [-0.2, -0.15) is 0 Å². The van der Waals surface area contributed by atoms with Crippen molar-refractivity contribution in [2.45, 2.75) is 44.3 Å². The Morgan fingerprint density at radius 1 is 1.29 bits per heavy atom. The van der Waals surface area contributed by atoms with Gasteiger partial charge in [0.15, 0.2) is 0 Å². The first-order chi connectivity index (χ1) is 10.2. The van der Waals surface area contributed by atoms with E-state index in [2.05, 4.69) is 24.0 Å². The van der Waals surface area contributed by atoms with E-state index in [9.17, 15) is 0 Å². The number of ether oxygens (including phenoxy) is 2. The summed E-state index contributed by atoms with van der Waals surface area (Å²) in [6.45, 7) is 3.80. The molecule has 2 unspecified atom stereocenters. The molecule has 2 N–H and O–H groups in total. The van der Waals surface area contributed by atoms with Crippen molar-refractivity contribution in [3.05, 3.63) is 29.8 Å². The Bertz CT molecular complexity index is 435. The largest absolute Gasteiger partial charge is 0.496 e. The molecule has 0 bridgehead atoms. The van der Waals surface area contributed by atoms with Crippen LogP contribution in [0.1, 0.15) is 37.8 Å². The predicted octanol–water partition coefficient (Wildman–Crippen LogP) is 2.58. The van der Waals surface area contributed by atoms with E-state index >= 15 is 0 Å². The van der Waals surface area contributed by atoms with Crippen LogP contribution in [-0.4, -0.2) is 44.4 Å². The van der Waals surface area contributed by atoms with Crippen LogP contribution < -0.4 is 10.5 Å². The highest BCUT2D eigenvalue weighted by Crippen LogP contribution is 2.39. The van der Waals surface area contributed by atoms with E-state index in [4.69, 9.17) is 15.2 Å². The molecule has 118 valence electrons.